The van der Waals surface area contributed by atoms with Crippen molar-refractivity contribution in [2.45, 2.75) is 37.9 Å². The Bertz CT molecular complexity index is 1610. The smallest absolute Gasteiger partial charge is 0.481 e. The molecule has 12 nitrogen and oxygen atoms in total. The molecule has 250 valence electrons. The number of nitrogens with zero attached hydrogens (tertiary/aromatic N) is 1. The average molecular weight is 656 g/mol. The van der Waals surface area contributed by atoms with Crippen molar-refractivity contribution in [3.8, 4) is 22.8 Å². The number of anilines is 1. The fourth-order valence-electron chi connectivity index (χ4n) is 4.99. The Hall–Kier alpha value is -4.66. The quantitative estimate of drug-likeness (QED) is 0.179. The van der Waals surface area contributed by atoms with Crippen LogP contribution in [0.25, 0.3) is 11.3 Å². The lowest BCUT2D eigenvalue weighted by molar-refractivity contribution is -0.286. The first-order valence-corrected chi connectivity index (χ1v) is 15.1. The number of carbonyl (C=O) groups is 3. The predicted molar refractivity (Wildman–Crippen MR) is 164 cm³/mol. The van der Waals surface area contributed by atoms with Crippen molar-refractivity contribution in [1.82, 2.24) is 10.3 Å². The zero-order chi connectivity index (χ0) is 33.4. The third kappa shape index (κ3) is 8.78. The van der Waals surface area contributed by atoms with Crippen LogP contribution in [-0.4, -0.2) is 80.4 Å². The van der Waals surface area contributed by atoms with Gasteiger partial charge in [0.2, 0.25) is 5.91 Å². The number of nitrogens with one attached hydrogen (secondary N) is 2. The first-order chi connectivity index (χ1) is 22.6. The molecule has 2 aliphatic rings. The van der Waals surface area contributed by atoms with Crippen LogP contribution < -0.4 is 20.1 Å². The van der Waals surface area contributed by atoms with Crippen LogP contribution in [0.3, 0.4) is 0 Å². The summed E-state index contributed by atoms with van der Waals surface area (Å²) < 4.78 is 52.0. The molecular weight excluding hydrogens is 620 g/mol. The molecule has 5 rings (SSSR count). The summed E-state index contributed by atoms with van der Waals surface area (Å²) in [4.78, 5) is 41.3. The van der Waals surface area contributed by atoms with Gasteiger partial charge < -0.3 is 39.4 Å². The lowest BCUT2D eigenvalue weighted by Crippen LogP contribution is -2.28. The normalized spacial score (nSPS) is 15.2. The number of halogens is 2. The second-order valence-electron chi connectivity index (χ2n) is 11.0. The number of carbonyl (C=O) groups excluding carboxylic acids is 2. The zero-order valence-corrected chi connectivity index (χ0v) is 25.7. The number of benzene rings is 2. The van der Waals surface area contributed by atoms with E-state index < -0.39 is 17.7 Å². The van der Waals surface area contributed by atoms with Gasteiger partial charge in [0.1, 0.15) is 5.82 Å². The summed E-state index contributed by atoms with van der Waals surface area (Å²) in [5.74, 6) is -1.39. The lowest BCUT2D eigenvalue weighted by Gasteiger charge is -2.17. The average Bonchev–Trinajstić information content (AvgIpc) is 3.79. The molecular formula is C33H35F2N3O9. The minimum Gasteiger partial charge on any atom is -0.481 e. The number of aliphatic carboxylic acids is 1. The first-order valence-electron chi connectivity index (χ1n) is 15.1. The van der Waals surface area contributed by atoms with Crippen molar-refractivity contribution in [2.75, 3.05) is 51.5 Å². The van der Waals surface area contributed by atoms with Crippen LogP contribution in [0.15, 0.2) is 54.6 Å². The SMILES string of the molecule is Cc1ccc(NC(=O)C2(c3ccc4c(c3)OC(F)(F)O4)CC2)nc1-c1cccc(C(=O)NCCOCCOCCOCCC(=O)O)c1. The van der Waals surface area contributed by atoms with E-state index in [0.29, 0.717) is 67.5 Å². The van der Waals surface area contributed by atoms with Crippen LogP contribution in [0.2, 0.25) is 0 Å². The molecule has 0 saturated heterocycles. The number of fused-ring (bicyclic) bond motifs is 1. The molecule has 3 N–H and O–H groups in total. The van der Waals surface area contributed by atoms with Crippen LogP contribution in [0, 0.1) is 6.92 Å². The highest BCUT2D eigenvalue weighted by molar-refractivity contribution is 6.01. The van der Waals surface area contributed by atoms with E-state index in [9.17, 15) is 23.2 Å². The number of carboxylic acid groups (broad SMARTS) is 1. The van der Waals surface area contributed by atoms with E-state index in [1.54, 1.807) is 30.3 Å². The Labute approximate surface area is 269 Å². The van der Waals surface area contributed by atoms with Crippen molar-refractivity contribution in [1.29, 1.82) is 0 Å². The van der Waals surface area contributed by atoms with Gasteiger partial charge in [0, 0.05) is 17.7 Å². The van der Waals surface area contributed by atoms with Crippen molar-refractivity contribution < 1.29 is 52.0 Å². The molecule has 0 spiro atoms. The second-order valence-corrected chi connectivity index (χ2v) is 11.0. The number of rotatable bonds is 17. The van der Waals surface area contributed by atoms with Crippen LogP contribution >= 0.6 is 0 Å². The monoisotopic (exact) mass is 655 g/mol. The van der Waals surface area contributed by atoms with Crippen molar-refractivity contribution in [3.63, 3.8) is 0 Å². The number of hydrogen-bond donors (Lipinski definition) is 3. The van der Waals surface area contributed by atoms with Gasteiger partial charge in [-0.2, -0.15) is 0 Å². The largest absolute Gasteiger partial charge is 0.586 e. The lowest BCUT2D eigenvalue weighted by atomic mass is 9.94. The molecule has 3 aromatic rings. The Morgan fingerprint density at radius 2 is 1.60 bits per heavy atom. The maximum absolute atomic E-state index is 13.5. The standard InChI is InChI=1S/C33H35F2N3O9/c1-21-5-8-27(38-31(42)32(10-11-32)24-6-7-25-26(20-24)47-33(34,35)46-25)37-29(21)22-3-2-4-23(19-22)30(41)36-12-14-44-16-18-45-17-15-43-13-9-28(39)40/h2-8,19-20H,9-18H2,1H3,(H,36,41)(H,39,40)(H,37,38,42). The van der Waals surface area contributed by atoms with Gasteiger partial charge in [0.05, 0.1) is 57.2 Å². The van der Waals surface area contributed by atoms with Gasteiger partial charge in [-0.1, -0.05) is 24.3 Å². The minimum absolute atomic E-state index is 0.0501. The van der Waals surface area contributed by atoms with Crippen molar-refractivity contribution >= 4 is 23.6 Å². The van der Waals surface area contributed by atoms with Gasteiger partial charge in [-0.3, -0.25) is 14.4 Å². The molecule has 2 aromatic carbocycles. The molecule has 0 unspecified atom stereocenters. The van der Waals surface area contributed by atoms with E-state index in [0.717, 1.165) is 5.56 Å². The minimum atomic E-state index is -3.74. The molecule has 1 aromatic heterocycles. The summed E-state index contributed by atoms with van der Waals surface area (Å²) in [5.41, 5.74) is 2.19. The fourth-order valence-corrected chi connectivity index (χ4v) is 4.99. The summed E-state index contributed by atoms with van der Waals surface area (Å²) in [6.45, 7) is 3.87. The Morgan fingerprint density at radius 1 is 0.894 bits per heavy atom. The maximum atomic E-state index is 13.5. The number of amides is 2. The number of carboxylic acids is 1. The first kappa shape index (κ1) is 33.7. The molecule has 47 heavy (non-hydrogen) atoms. The maximum Gasteiger partial charge on any atom is 0.586 e. The van der Waals surface area contributed by atoms with Gasteiger partial charge in [0.25, 0.3) is 5.91 Å². The van der Waals surface area contributed by atoms with E-state index >= 15 is 0 Å². The Balaban J connectivity index is 1.10. The van der Waals surface area contributed by atoms with Gasteiger partial charge in [-0.05, 0) is 61.2 Å². The third-order valence-corrected chi connectivity index (χ3v) is 7.61. The zero-order valence-electron chi connectivity index (χ0n) is 25.7. The summed E-state index contributed by atoms with van der Waals surface area (Å²) in [6.07, 6.45) is -2.71. The molecule has 1 aliphatic carbocycles. The van der Waals surface area contributed by atoms with Gasteiger partial charge in [-0.25, -0.2) is 4.98 Å². The highest BCUT2D eigenvalue weighted by Crippen LogP contribution is 2.52. The van der Waals surface area contributed by atoms with Gasteiger partial charge >= 0.3 is 12.3 Å². The number of pyridine rings is 1. The molecule has 2 heterocycles. The van der Waals surface area contributed by atoms with Gasteiger partial charge in [-0.15, -0.1) is 8.78 Å². The Morgan fingerprint density at radius 3 is 2.32 bits per heavy atom. The summed E-state index contributed by atoms with van der Waals surface area (Å²) in [5, 5.41) is 14.2. The molecule has 1 saturated carbocycles. The van der Waals surface area contributed by atoms with E-state index in [2.05, 4.69) is 25.1 Å². The molecule has 0 atom stereocenters. The molecule has 0 radical (unpaired) electrons. The number of aryl methyl sites for hydroxylation is 1. The van der Waals surface area contributed by atoms with Crippen molar-refractivity contribution in [2.24, 2.45) is 0 Å². The van der Waals surface area contributed by atoms with Crippen LogP contribution in [0.5, 0.6) is 11.5 Å². The topological polar surface area (TPSA) is 155 Å². The highest BCUT2D eigenvalue weighted by atomic mass is 19.3. The fraction of sp³-hybridized carbons (Fsp3) is 0.394. The molecule has 1 fully saturated rings. The molecule has 2 amide bonds. The number of aromatic nitrogens is 1. The second kappa shape index (κ2) is 14.8. The van der Waals surface area contributed by atoms with Crippen LogP contribution in [0.4, 0.5) is 14.6 Å². The number of ether oxygens (including phenoxy) is 5. The number of hydrogen-bond acceptors (Lipinski definition) is 9. The van der Waals surface area contributed by atoms with E-state index in [4.69, 9.17) is 19.3 Å². The van der Waals surface area contributed by atoms with E-state index in [1.807, 2.05) is 19.1 Å². The summed E-state index contributed by atoms with van der Waals surface area (Å²) in [6, 6.07) is 14.9. The summed E-state index contributed by atoms with van der Waals surface area (Å²) >= 11 is 0. The van der Waals surface area contributed by atoms with E-state index in [1.165, 1.54) is 12.1 Å². The number of alkyl halides is 2. The molecule has 14 heteroatoms. The highest BCUT2D eigenvalue weighted by Gasteiger charge is 2.53. The van der Waals surface area contributed by atoms with E-state index in [-0.39, 0.29) is 49.5 Å². The Kier molecular flexibility index (Phi) is 10.6. The van der Waals surface area contributed by atoms with Crippen LogP contribution in [0.1, 0.15) is 40.7 Å². The molecule has 0 bridgehead atoms. The predicted octanol–water partition coefficient (Wildman–Crippen LogP) is 4.30. The summed E-state index contributed by atoms with van der Waals surface area (Å²) in [7, 11) is 0. The van der Waals surface area contributed by atoms with Crippen LogP contribution in [-0.2, 0) is 29.2 Å². The van der Waals surface area contributed by atoms with Crippen molar-refractivity contribution in [3.05, 3.63) is 71.3 Å². The van der Waals surface area contributed by atoms with Gasteiger partial charge in [0.15, 0.2) is 11.5 Å². The molecule has 1 aliphatic heterocycles. The third-order valence-electron chi connectivity index (χ3n) is 7.61.